The second-order valence-electron chi connectivity index (χ2n) is 12.6. The molecule has 39 heavy (non-hydrogen) atoms. The Hall–Kier alpha value is -2.16. The summed E-state index contributed by atoms with van der Waals surface area (Å²) >= 11 is 6.18. The van der Waals surface area contributed by atoms with E-state index < -0.39 is 64.6 Å². The van der Waals surface area contributed by atoms with Crippen LogP contribution in [0.15, 0.2) is 48.1 Å². The number of halogens is 4. The third kappa shape index (κ3) is 3.46. The molecule has 0 amide bonds. The summed E-state index contributed by atoms with van der Waals surface area (Å²) in [6, 6.07) is 7.43. The molecule has 1 aromatic rings. The zero-order valence-electron chi connectivity index (χ0n) is 22.0. The summed E-state index contributed by atoms with van der Waals surface area (Å²) in [6.45, 7) is 3.41. The van der Waals surface area contributed by atoms with Crippen LogP contribution >= 0.6 is 11.6 Å². The standard InChI is InChI=1S/C30H33ClF3NO4/c1-27-7-6-20(36)10-23(27)24(33)11-22-21-9-18-14-35(13-17-4-3-5-19(31)8-17)15-29(18,26(38)39-16-32)28(21,2)12-25(37)30(22,27)34/h3-8,10,18,21-22,24-25,37H,9,11-16H2,1-2H3/t18-,21?,22-,24-,25-,27-,28-,29+,30-/m0/s1. The summed E-state index contributed by atoms with van der Waals surface area (Å²) < 4.78 is 51.7. The number of alkyl halides is 3. The first kappa shape index (κ1) is 27.0. The minimum absolute atomic E-state index is 0.0604. The van der Waals surface area contributed by atoms with Crippen molar-refractivity contribution in [2.75, 3.05) is 20.0 Å². The number of esters is 1. The summed E-state index contributed by atoms with van der Waals surface area (Å²) in [5, 5.41) is 12.2. The molecule has 9 atom stereocenters. The van der Waals surface area contributed by atoms with Crippen molar-refractivity contribution in [1.29, 1.82) is 0 Å². The fourth-order valence-corrected chi connectivity index (χ4v) is 9.61. The fraction of sp³-hybridized carbons (Fsp3) is 0.600. The van der Waals surface area contributed by atoms with E-state index in [9.17, 15) is 19.1 Å². The minimum Gasteiger partial charge on any atom is -0.433 e. The maximum Gasteiger partial charge on any atom is 0.316 e. The number of rotatable bonds is 4. The molecular formula is C30H33ClF3NO4. The van der Waals surface area contributed by atoms with Crippen LogP contribution in [0.4, 0.5) is 13.2 Å². The number of allylic oxidation sites excluding steroid dienone is 4. The molecule has 1 N–H and O–H groups in total. The second-order valence-corrected chi connectivity index (χ2v) is 13.0. The first-order valence-electron chi connectivity index (χ1n) is 13.6. The van der Waals surface area contributed by atoms with Gasteiger partial charge >= 0.3 is 5.97 Å². The molecule has 1 aliphatic heterocycles. The van der Waals surface area contributed by atoms with E-state index in [0.717, 1.165) is 5.56 Å². The Morgan fingerprint density at radius 3 is 2.74 bits per heavy atom. The normalized spacial score (nSPS) is 44.7. The first-order chi connectivity index (χ1) is 18.4. The zero-order chi connectivity index (χ0) is 28.0. The average molecular weight is 564 g/mol. The molecule has 1 saturated heterocycles. The van der Waals surface area contributed by atoms with Gasteiger partial charge < -0.3 is 9.84 Å². The highest BCUT2D eigenvalue weighted by atomic mass is 35.5. The van der Waals surface area contributed by atoms with Crippen LogP contribution < -0.4 is 0 Å². The van der Waals surface area contributed by atoms with Gasteiger partial charge in [0.25, 0.3) is 0 Å². The van der Waals surface area contributed by atoms with Crippen LogP contribution in [0.25, 0.3) is 0 Å². The predicted octanol–water partition coefficient (Wildman–Crippen LogP) is 5.16. The smallest absolute Gasteiger partial charge is 0.316 e. The molecule has 3 saturated carbocycles. The molecule has 0 bridgehead atoms. The number of carbonyl (C=O) groups excluding carboxylic acids is 2. The number of likely N-dealkylation sites (tertiary alicyclic amines) is 1. The van der Waals surface area contributed by atoms with Crippen LogP contribution in [0.3, 0.4) is 0 Å². The number of aliphatic hydroxyl groups is 1. The van der Waals surface area contributed by atoms with Gasteiger partial charge in [0.1, 0.15) is 6.17 Å². The van der Waals surface area contributed by atoms with Crippen LogP contribution in [0, 0.1) is 34.0 Å². The fourth-order valence-electron chi connectivity index (χ4n) is 9.40. The van der Waals surface area contributed by atoms with E-state index in [2.05, 4.69) is 4.90 Å². The molecule has 1 unspecified atom stereocenters. The van der Waals surface area contributed by atoms with Crippen LogP contribution in [-0.2, 0) is 20.9 Å². The van der Waals surface area contributed by atoms with Crippen molar-refractivity contribution in [3.8, 4) is 0 Å². The van der Waals surface area contributed by atoms with Crippen molar-refractivity contribution >= 4 is 23.4 Å². The van der Waals surface area contributed by atoms with Crippen molar-refractivity contribution in [2.24, 2.45) is 34.0 Å². The second kappa shape index (κ2) is 8.92. The molecule has 4 aliphatic carbocycles. The topological polar surface area (TPSA) is 66.8 Å². The Labute approximate surface area is 231 Å². The maximum atomic E-state index is 17.5. The summed E-state index contributed by atoms with van der Waals surface area (Å²) in [5.74, 6) is -2.71. The lowest BCUT2D eigenvalue weighted by Gasteiger charge is -2.63. The molecule has 5 nitrogen and oxygen atoms in total. The zero-order valence-corrected chi connectivity index (χ0v) is 22.8. The highest BCUT2D eigenvalue weighted by Gasteiger charge is 2.78. The number of hydrogen-bond donors (Lipinski definition) is 1. The predicted molar refractivity (Wildman–Crippen MR) is 139 cm³/mol. The van der Waals surface area contributed by atoms with Gasteiger partial charge in [0.2, 0.25) is 6.86 Å². The number of fused-ring (bicyclic) bond motifs is 7. The molecule has 210 valence electrons. The van der Waals surface area contributed by atoms with Gasteiger partial charge in [0.15, 0.2) is 11.5 Å². The Bertz CT molecular complexity index is 1290. The van der Waals surface area contributed by atoms with Gasteiger partial charge in [0.05, 0.1) is 11.5 Å². The van der Waals surface area contributed by atoms with E-state index in [1.54, 1.807) is 13.0 Å². The minimum atomic E-state index is -2.23. The van der Waals surface area contributed by atoms with Crippen molar-refractivity contribution < 1.29 is 32.6 Å². The maximum absolute atomic E-state index is 17.5. The average Bonchev–Trinajstić information content (AvgIpc) is 3.35. The molecule has 0 spiro atoms. The third-order valence-electron chi connectivity index (χ3n) is 11.1. The highest BCUT2D eigenvalue weighted by molar-refractivity contribution is 6.30. The molecule has 0 aromatic heterocycles. The number of ketones is 1. The number of ether oxygens (including phenoxy) is 1. The van der Waals surface area contributed by atoms with E-state index in [1.165, 1.54) is 18.2 Å². The SMILES string of the molecule is C[C@]12C=CC(=O)C=C1[C@@H](F)C[C@H]1C3C[C@H]4CN(Cc5cccc(Cl)c5)C[C@@]4(C(=O)OCF)[C@@]3(C)C[C@H](O)[C@@]12F. The summed E-state index contributed by atoms with van der Waals surface area (Å²) in [7, 11) is 0. The summed E-state index contributed by atoms with van der Waals surface area (Å²) in [6.07, 6.45) is 0.915. The molecule has 0 radical (unpaired) electrons. The largest absolute Gasteiger partial charge is 0.433 e. The first-order valence-corrected chi connectivity index (χ1v) is 13.9. The molecule has 1 aromatic carbocycles. The van der Waals surface area contributed by atoms with Gasteiger partial charge in [-0.25, -0.2) is 13.2 Å². The van der Waals surface area contributed by atoms with Crippen LogP contribution in [-0.4, -0.2) is 59.7 Å². The number of nitrogens with zero attached hydrogens (tertiary/aromatic N) is 1. The van der Waals surface area contributed by atoms with E-state index in [1.807, 2.05) is 25.1 Å². The van der Waals surface area contributed by atoms with E-state index in [-0.39, 0.29) is 30.9 Å². The molecule has 9 heteroatoms. The van der Waals surface area contributed by atoms with Gasteiger partial charge in [0, 0.05) is 36.0 Å². The Morgan fingerprint density at radius 2 is 2.03 bits per heavy atom. The van der Waals surface area contributed by atoms with Gasteiger partial charge in [-0.3, -0.25) is 14.5 Å². The van der Waals surface area contributed by atoms with Crippen molar-refractivity contribution in [1.82, 2.24) is 4.90 Å². The van der Waals surface area contributed by atoms with E-state index in [4.69, 9.17) is 16.3 Å². The van der Waals surface area contributed by atoms with Gasteiger partial charge in [-0.05, 0) is 78.9 Å². The summed E-state index contributed by atoms with van der Waals surface area (Å²) in [4.78, 5) is 27.9. The molecular weight excluding hydrogens is 531 g/mol. The van der Waals surface area contributed by atoms with Crippen LogP contribution in [0.5, 0.6) is 0 Å². The summed E-state index contributed by atoms with van der Waals surface area (Å²) in [5.41, 5.74) is -4.85. The van der Waals surface area contributed by atoms with E-state index in [0.29, 0.717) is 24.5 Å². The van der Waals surface area contributed by atoms with Crippen LogP contribution in [0.2, 0.25) is 5.02 Å². The number of hydrogen-bond acceptors (Lipinski definition) is 5. The third-order valence-corrected chi connectivity index (χ3v) is 11.3. The van der Waals surface area contributed by atoms with E-state index >= 15 is 8.78 Å². The number of benzene rings is 1. The van der Waals surface area contributed by atoms with Gasteiger partial charge in [-0.1, -0.05) is 36.7 Å². The lowest BCUT2D eigenvalue weighted by atomic mass is 9.43. The molecule has 4 fully saturated rings. The van der Waals surface area contributed by atoms with Crippen LogP contribution in [0.1, 0.15) is 38.7 Å². The lowest BCUT2D eigenvalue weighted by molar-refractivity contribution is -0.218. The Morgan fingerprint density at radius 1 is 1.26 bits per heavy atom. The molecule has 5 aliphatic rings. The molecule has 6 rings (SSSR count). The number of aliphatic hydroxyl groups excluding tert-OH is 1. The monoisotopic (exact) mass is 563 g/mol. The van der Waals surface area contributed by atoms with Gasteiger partial charge in [-0.15, -0.1) is 0 Å². The Kier molecular flexibility index (Phi) is 6.18. The highest BCUT2D eigenvalue weighted by Crippen LogP contribution is 2.74. The quantitative estimate of drug-likeness (QED) is 0.513. The van der Waals surface area contributed by atoms with Crippen molar-refractivity contribution in [3.05, 3.63) is 58.7 Å². The van der Waals surface area contributed by atoms with Crippen molar-refractivity contribution in [2.45, 2.75) is 57.6 Å². The van der Waals surface area contributed by atoms with Gasteiger partial charge in [-0.2, -0.15) is 0 Å². The molecule has 1 heterocycles. The Balaban J connectivity index is 1.40. The number of carbonyl (C=O) groups is 2. The lowest BCUT2D eigenvalue weighted by Crippen LogP contribution is -2.69. The van der Waals surface area contributed by atoms with Crippen molar-refractivity contribution in [3.63, 3.8) is 0 Å².